The summed E-state index contributed by atoms with van der Waals surface area (Å²) in [6, 6.07) is 10.9. The van der Waals surface area contributed by atoms with Crippen LogP contribution in [0.2, 0.25) is 0 Å². The first-order chi connectivity index (χ1) is 14.1. The Balaban J connectivity index is 1.78. The fraction of sp³-hybridized carbons (Fsp3) is 0.391. The standard InChI is InChI=1S/C23H29N3O4/c1-14(26(5)13-21(27)25-23(2,3)4)22(28)24-17-12-19-16(11-20(17)29-6)15-9-7-8-10-18(15)30-19/h7-12,14H,13H2,1-6H3,(H,24,28)(H,25,27)/t14-/m1/s1. The Morgan fingerprint density at radius 3 is 2.50 bits per heavy atom. The number of fused-ring (bicyclic) bond motifs is 3. The van der Waals surface area contributed by atoms with Crippen LogP contribution in [0, 0.1) is 0 Å². The molecule has 7 heteroatoms. The number of hydrogen-bond acceptors (Lipinski definition) is 5. The van der Waals surface area contributed by atoms with Crippen molar-refractivity contribution < 1.29 is 18.7 Å². The fourth-order valence-electron chi connectivity index (χ4n) is 3.28. The Morgan fingerprint density at radius 1 is 1.13 bits per heavy atom. The van der Waals surface area contributed by atoms with Crippen LogP contribution in [0.25, 0.3) is 21.9 Å². The van der Waals surface area contributed by atoms with Crippen LogP contribution in [0.5, 0.6) is 5.75 Å². The quantitative estimate of drug-likeness (QED) is 0.645. The highest BCUT2D eigenvalue weighted by Gasteiger charge is 2.23. The van der Waals surface area contributed by atoms with Crippen LogP contribution in [0.15, 0.2) is 40.8 Å². The van der Waals surface area contributed by atoms with Crippen molar-refractivity contribution in [1.82, 2.24) is 10.2 Å². The maximum atomic E-state index is 12.8. The molecule has 0 unspecified atom stereocenters. The van der Waals surface area contributed by atoms with E-state index in [0.29, 0.717) is 17.0 Å². The van der Waals surface area contributed by atoms with Gasteiger partial charge in [-0.15, -0.1) is 0 Å². The van der Waals surface area contributed by atoms with Gasteiger partial charge in [0.2, 0.25) is 11.8 Å². The van der Waals surface area contributed by atoms with Crippen molar-refractivity contribution in [2.45, 2.75) is 39.3 Å². The van der Waals surface area contributed by atoms with Gasteiger partial charge in [-0.1, -0.05) is 18.2 Å². The third-order valence-corrected chi connectivity index (χ3v) is 4.90. The van der Waals surface area contributed by atoms with Crippen molar-refractivity contribution in [3.8, 4) is 5.75 Å². The minimum Gasteiger partial charge on any atom is -0.495 e. The van der Waals surface area contributed by atoms with Crippen molar-refractivity contribution in [2.24, 2.45) is 0 Å². The van der Waals surface area contributed by atoms with Gasteiger partial charge in [-0.2, -0.15) is 0 Å². The molecular weight excluding hydrogens is 382 g/mol. The topological polar surface area (TPSA) is 83.8 Å². The molecule has 1 atom stereocenters. The molecular formula is C23H29N3O4. The summed E-state index contributed by atoms with van der Waals surface area (Å²) in [5, 5.41) is 7.71. The number of nitrogens with zero attached hydrogens (tertiary/aromatic N) is 1. The Labute approximate surface area is 176 Å². The van der Waals surface area contributed by atoms with E-state index in [1.165, 1.54) is 0 Å². The van der Waals surface area contributed by atoms with E-state index in [4.69, 9.17) is 9.15 Å². The highest BCUT2D eigenvalue weighted by atomic mass is 16.5. The Morgan fingerprint density at radius 2 is 1.83 bits per heavy atom. The van der Waals surface area contributed by atoms with E-state index in [9.17, 15) is 9.59 Å². The van der Waals surface area contributed by atoms with Crippen LogP contribution < -0.4 is 15.4 Å². The van der Waals surface area contributed by atoms with Crippen molar-refractivity contribution in [1.29, 1.82) is 0 Å². The van der Waals surface area contributed by atoms with E-state index in [-0.39, 0.29) is 23.9 Å². The van der Waals surface area contributed by atoms with Gasteiger partial charge < -0.3 is 19.8 Å². The van der Waals surface area contributed by atoms with Crippen molar-refractivity contribution >= 4 is 39.4 Å². The number of amides is 2. The molecule has 30 heavy (non-hydrogen) atoms. The van der Waals surface area contributed by atoms with Crippen LogP contribution in [-0.4, -0.2) is 49.0 Å². The zero-order valence-electron chi connectivity index (χ0n) is 18.3. The molecule has 1 heterocycles. The number of nitrogens with one attached hydrogen (secondary N) is 2. The van der Waals surface area contributed by atoms with Crippen LogP contribution in [0.3, 0.4) is 0 Å². The van der Waals surface area contributed by atoms with E-state index >= 15 is 0 Å². The SMILES string of the molecule is COc1cc2c(cc1NC(=O)[C@@H](C)N(C)CC(=O)NC(C)(C)C)oc1ccccc12. The average Bonchev–Trinajstić information content (AvgIpc) is 3.02. The average molecular weight is 412 g/mol. The number of furan rings is 1. The highest BCUT2D eigenvalue weighted by molar-refractivity contribution is 6.08. The zero-order chi connectivity index (χ0) is 22.1. The second-order valence-corrected chi connectivity index (χ2v) is 8.53. The predicted octanol–water partition coefficient (Wildman–Crippen LogP) is 3.77. The van der Waals surface area contributed by atoms with Crippen molar-refractivity contribution in [2.75, 3.05) is 26.0 Å². The van der Waals surface area contributed by atoms with Gasteiger partial charge in [-0.05, 0) is 46.9 Å². The molecule has 0 spiro atoms. The molecule has 2 N–H and O–H groups in total. The maximum absolute atomic E-state index is 12.8. The molecule has 0 fully saturated rings. The van der Waals surface area contributed by atoms with E-state index in [1.54, 1.807) is 32.0 Å². The summed E-state index contributed by atoms with van der Waals surface area (Å²) in [6.45, 7) is 7.63. The summed E-state index contributed by atoms with van der Waals surface area (Å²) in [5.74, 6) is 0.170. The van der Waals surface area contributed by atoms with E-state index in [1.807, 2.05) is 51.1 Å². The van der Waals surface area contributed by atoms with Gasteiger partial charge in [0.15, 0.2) is 0 Å². The second kappa shape index (κ2) is 8.36. The summed E-state index contributed by atoms with van der Waals surface area (Å²) in [6.07, 6.45) is 0. The predicted molar refractivity (Wildman–Crippen MR) is 119 cm³/mol. The number of para-hydroxylation sites is 1. The number of ether oxygens (including phenoxy) is 1. The summed E-state index contributed by atoms with van der Waals surface area (Å²) in [4.78, 5) is 26.7. The van der Waals surface area contributed by atoms with Crippen molar-refractivity contribution in [3.63, 3.8) is 0 Å². The van der Waals surface area contributed by atoms with Gasteiger partial charge >= 0.3 is 0 Å². The van der Waals surface area contributed by atoms with Crippen LogP contribution in [0.1, 0.15) is 27.7 Å². The minimum absolute atomic E-state index is 0.117. The number of anilines is 1. The first kappa shape index (κ1) is 21.6. The van der Waals surface area contributed by atoms with E-state index in [0.717, 1.165) is 16.4 Å². The largest absolute Gasteiger partial charge is 0.495 e. The first-order valence-corrected chi connectivity index (χ1v) is 9.90. The molecule has 0 bridgehead atoms. The normalized spacial score (nSPS) is 12.9. The van der Waals surface area contributed by atoms with Crippen molar-refractivity contribution in [3.05, 3.63) is 36.4 Å². The fourth-order valence-corrected chi connectivity index (χ4v) is 3.28. The number of methoxy groups -OCH3 is 1. The lowest BCUT2D eigenvalue weighted by molar-refractivity contribution is -0.125. The third kappa shape index (κ3) is 4.74. The van der Waals surface area contributed by atoms with Gasteiger partial charge in [-0.3, -0.25) is 14.5 Å². The zero-order valence-corrected chi connectivity index (χ0v) is 18.3. The van der Waals surface area contributed by atoms with E-state index < -0.39 is 6.04 Å². The van der Waals surface area contributed by atoms with Gasteiger partial charge in [0.25, 0.3) is 0 Å². The minimum atomic E-state index is -0.521. The molecule has 0 radical (unpaired) electrons. The number of carbonyl (C=O) groups excluding carboxylic acids is 2. The molecule has 0 aliphatic heterocycles. The highest BCUT2D eigenvalue weighted by Crippen LogP contribution is 2.36. The molecule has 0 saturated carbocycles. The number of rotatable bonds is 6. The molecule has 3 aromatic rings. The van der Waals surface area contributed by atoms with Crippen LogP contribution in [0.4, 0.5) is 5.69 Å². The molecule has 3 rings (SSSR count). The van der Waals surface area contributed by atoms with Crippen LogP contribution >= 0.6 is 0 Å². The molecule has 1 aromatic heterocycles. The second-order valence-electron chi connectivity index (χ2n) is 8.53. The Hall–Kier alpha value is -3.06. The Kier molecular flexibility index (Phi) is 6.03. The monoisotopic (exact) mass is 411 g/mol. The summed E-state index contributed by atoms with van der Waals surface area (Å²) >= 11 is 0. The number of benzene rings is 2. The summed E-state index contributed by atoms with van der Waals surface area (Å²) in [7, 11) is 3.30. The van der Waals surface area contributed by atoms with Gasteiger partial charge in [0.05, 0.1) is 25.4 Å². The van der Waals surface area contributed by atoms with Gasteiger partial charge in [-0.25, -0.2) is 0 Å². The molecule has 7 nitrogen and oxygen atoms in total. The lowest BCUT2D eigenvalue weighted by Gasteiger charge is -2.26. The molecule has 0 aliphatic rings. The summed E-state index contributed by atoms with van der Waals surface area (Å²) in [5.41, 5.74) is 1.64. The van der Waals surface area contributed by atoms with Crippen LogP contribution in [-0.2, 0) is 9.59 Å². The third-order valence-electron chi connectivity index (χ3n) is 4.90. The molecule has 2 aromatic carbocycles. The molecule has 2 amide bonds. The molecule has 0 saturated heterocycles. The smallest absolute Gasteiger partial charge is 0.241 e. The lowest BCUT2D eigenvalue weighted by Crippen LogP contribution is -2.49. The molecule has 160 valence electrons. The number of hydrogen-bond donors (Lipinski definition) is 2. The van der Waals surface area contributed by atoms with Gasteiger partial charge in [0.1, 0.15) is 16.9 Å². The Bertz CT molecular complexity index is 1080. The molecule has 0 aliphatic carbocycles. The maximum Gasteiger partial charge on any atom is 0.241 e. The summed E-state index contributed by atoms with van der Waals surface area (Å²) < 4.78 is 11.4. The van der Waals surface area contributed by atoms with E-state index in [2.05, 4.69) is 10.6 Å². The lowest BCUT2D eigenvalue weighted by atomic mass is 10.1. The first-order valence-electron chi connectivity index (χ1n) is 9.90. The number of likely N-dealkylation sites (N-methyl/N-ethyl adjacent to an activating group) is 1. The number of carbonyl (C=O) groups is 2. The van der Waals surface area contributed by atoms with Gasteiger partial charge in [0, 0.05) is 22.4 Å².